The van der Waals surface area contributed by atoms with Crippen LogP contribution >= 0.6 is 0 Å². The zero-order valence-corrected chi connectivity index (χ0v) is 13.9. The van der Waals surface area contributed by atoms with Gasteiger partial charge in [0.15, 0.2) is 0 Å². The van der Waals surface area contributed by atoms with Crippen LogP contribution in [0.4, 0.5) is 4.39 Å². The lowest BCUT2D eigenvalue weighted by Gasteiger charge is -2.19. The molecule has 2 rings (SSSR count). The zero-order chi connectivity index (χ0) is 17.7. The van der Waals surface area contributed by atoms with Crippen LogP contribution in [0.1, 0.15) is 27.0 Å². The van der Waals surface area contributed by atoms with Crippen molar-refractivity contribution in [2.75, 3.05) is 7.11 Å². The number of carbonyl (C=O) groups is 2. The van der Waals surface area contributed by atoms with Gasteiger partial charge in [0.2, 0.25) is 0 Å². The maximum absolute atomic E-state index is 13.0. The summed E-state index contributed by atoms with van der Waals surface area (Å²) in [7, 11) is 1.28. The minimum absolute atomic E-state index is 0.284. The highest BCUT2D eigenvalue weighted by Crippen LogP contribution is 2.16. The van der Waals surface area contributed by atoms with Crippen LogP contribution in [-0.2, 0) is 16.0 Å². The fourth-order valence-corrected chi connectivity index (χ4v) is 2.55. The maximum Gasteiger partial charge on any atom is 0.328 e. The van der Waals surface area contributed by atoms with Gasteiger partial charge in [-0.15, -0.1) is 0 Å². The van der Waals surface area contributed by atoms with Crippen molar-refractivity contribution in [2.45, 2.75) is 26.3 Å². The smallest absolute Gasteiger partial charge is 0.328 e. The second-order valence-electron chi connectivity index (χ2n) is 5.63. The molecule has 0 aliphatic carbocycles. The van der Waals surface area contributed by atoms with Gasteiger partial charge in [-0.2, -0.15) is 0 Å². The van der Waals surface area contributed by atoms with Crippen LogP contribution in [0.15, 0.2) is 42.5 Å². The third-order valence-electron chi connectivity index (χ3n) is 3.95. The Morgan fingerprint density at radius 2 is 1.67 bits per heavy atom. The molecule has 4 nitrogen and oxygen atoms in total. The number of aryl methyl sites for hydroxylation is 2. The Kier molecular flexibility index (Phi) is 5.68. The fourth-order valence-electron chi connectivity index (χ4n) is 2.55. The average molecular weight is 329 g/mol. The van der Waals surface area contributed by atoms with Crippen molar-refractivity contribution < 1.29 is 18.7 Å². The van der Waals surface area contributed by atoms with Crippen LogP contribution in [0.2, 0.25) is 0 Å². The highest BCUT2D eigenvalue weighted by molar-refractivity contribution is 5.96. The van der Waals surface area contributed by atoms with E-state index in [1.807, 2.05) is 32.0 Å². The molecule has 0 fully saturated rings. The highest BCUT2D eigenvalue weighted by Gasteiger charge is 2.24. The van der Waals surface area contributed by atoms with Gasteiger partial charge in [-0.1, -0.05) is 18.2 Å². The van der Waals surface area contributed by atoms with Gasteiger partial charge in [-0.05, 0) is 54.8 Å². The van der Waals surface area contributed by atoms with Crippen molar-refractivity contribution in [2.24, 2.45) is 0 Å². The average Bonchev–Trinajstić information content (AvgIpc) is 2.57. The molecule has 2 aromatic carbocycles. The monoisotopic (exact) mass is 329 g/mol. The molecule has 0 aliphatic rings. The van der Waals surface area contributed by atoms with Crippen LogP contribution in [0, 0.1) is 19.7 Å². The van der Waals surface area contributed by atoms with E-state index in [9.17, 15) is 14.0 Å². The van der Waals surface area contributed by atoms with Crippen LogP contribution in [0.25, 0.3) is 0 Å². The quantitative estimate of drug-likeness (QED) is 0.858. The summed E-state index contributed by atoms with van der Waals surface area (Å²) in [4.78, 5) is 24.4. The Hall–Kier alpha value is -2.69. The standard InChI is InChI=1S/C19H20FNO3/c1-12-5-4-6-13(2)16(12)11-17(19(23)24-3)21-18(22)14-7-9-15(20)10-8-14/h4-10,17H,11H2,1-3H3,(H,21,22)/t17-/m1/s1. The lowest BCUT2D eigenvalue weighted by Crippen LogP contribution is -2.43. The van der Waals surface area contributed by atoms with Gasteiger partial charge < -0.3 is 10.1 Å². The van der Waals surface area contributed by atoms with Crippen molar-refractivity contribution in [3.8, 4) is 0 Å². The third-order valence-corrected chi connectivity index (χ3v) is 3.95. The molecule has 2 aromatic rings. The number of hydrogen-bond acceptors (Lipinski definition) is 3. The summed E-state index contributed by atoms with van der Waals surface area (Å²) in [5, 5.41) is 2.67. The minimum atomic E-state index is -0.813. The first-order chi connectivity index (χ1) is 11.4. The largest absolute Gasteiger partial charge is 0.467 e. The van der Waals surface area contributed by atoms with Crippen molar-refractivity contribution >= 4 is 11.9 Å². The van der Waals surface area contributed by atoms with E-state index in [-0.39, 0.29) is 5.56 Å². The Balaban J connectivity index is 2.21. The number of halogens is 1. The molecule has 0 saturated heterocycles. The summed E-state index contributed by atoms with van der Waals surface area (Å²) in [5.74, 6) is -1.39. The first-order valence-corrected chi connectivity index (χ1v) is 7.61. The van der Waals surface area contributed by atoms with Crippen molar-refractivity contribution in [3.05, 3.63) is 70.5 Å². The lowest BCUT2D eigenvalue weighted by atomic mass is 9.96. The topological polar surface area (TPSA) is 55.4 Å². The molecule has 1 N–H and O–H groups in total. The van der Waals surface area contributed by atoms with E-state index < -0.39 is 23.7 Å². The molecule has 0 aromatic heterocycles. The van der Waals surface area contributed by atoms with Gasteiger partial charge in [0.25, 0.3) is 5.91 Å². The summed E-state index contributed by atoms with van der Waals surface area (Å²) < 4.78 is 17.8. The van der Waals surface area contributed by atoms with Gasteiger partial charge in [0.05, 0.1) is 7.11 Å². The van der Waals surface area contributed by atoms with Gasteiger partial charge >= 0.3 is 5.97 Å². The lowest BCUT2D eigenvalue weighted by molar-refractivity contribution is -0.142. The molecular weight excluding hydrogens is 309 g/mol. The normalized spacial score (nSPS) is 11.7. The first kappa shape index (κ1) is 17.7. The number of nitrogens with one attached hydrogen (secondary N) is 1. The van der Waals surface area contributed by atoms with Crippen LogP contribution in [0.5, 0.6) is 0 Å². The molecule has 0 aliphatic heterocycles. The number of benzene rings is 2. The van der Waals surface area contributed by atoms with Gasteiger partial charge in [-0.3, -0.25) is 4.79 Å². The van der Waals surface area contributed by atoms with Crippen molar-refractivity contribution in [1.82, 2.24) is 5.32 Å². The maximum atomic E-state index is 13.0. The number of rotatable bonds is 5. The van der Waals surface area contributed by atoms with E-state index in [0.29, 0.717) is 6.42 Å². The summed E-state index contributed by atoms with van der Waals surface area (Å²) in [6, 6.07) is 10.2. The summed E-state index contributed by atoms with van der Waals surface area (Å²) in [6.07, 6.45) is 0.331. The number of esters is 1. The number of ether oxygens (including phenoxy) is 1. The Labute approximate surface area is 140 Å². The van der Waals surface area contributed by atoms with Crippen LogP contribution in [0.3, 0.4) is 0 Å². The second kappa shape index (κ2) is 7.73. The molecule has 1 amide bonds. The van der Waals surface area contributed by atoms with E-state index in [0.717, 1.165) is 16.7 Å². The molecule has 0 spiro atoms. The number of carbonyl (C=O) groups excluding carboxylic acids is 2. The van der Waals surface area contributed by atoms with E-state index in [1.165, 1.54) is 31.4 Å². The highest BCUT2D eigenvalue weighted by atomic mass is 19.1. The van der Waals surface area contributed by atoms with E-state index in [2.05, 4.69) is 5.32 Å². The Bertz CT molecular complexity index is 721. The number of methoxy groups -OCH3 is 1. The Morgan fingerprint density at radius 3 is 2.21 bits per heavy atom. The molecule has 0 heterocycles. The fraction of sp³-hybridized carbons (Fsp3) is 0.263. The molecule has 5 heteroatoms. The summed E-state index contributed by atoms with van der Waals surface area (Å²) in [6.45, 7) is 3.91. The van der Waals surface area contributed by atoms with Crippen molar-refractivity contribution in [3.63, 3.8) is 0 Å². The predicted molar refractivity (Wildman–Crippen MR) is 89.3 cm³/mol. The van der Waals surface area contributed by atoms with Crippen LogP contribution < -0.4 is 5.32 Å². The number of amides is 1. The van der Waals surface area contributed by atoms with E-state index >= 15 is 0 Å². The second-order valence-corrected chi connectivity index (χ2v) is 5.63. The van der Waals surface area contributed by atoms with Crippen molar-refractivity contribution in [1.29, 1.82) is 0 Å². The molecule has 0 saturated carbocycles. The molecule has 0 bridgehead atoms. The molecule has 0 radical (unpaired) electrons. The molecule has 24 heavy (non-hydrogen) atoms. The third kappa shape index (κ3) is 4.19. The zero-order valence-electron chi connectivity index (χ0n) is 13.9. The number of hydrogen-bond donors (Lipinski definition) is 1. The van der Waals surface area contributed by atoms with E-state index in [4.69, 9.17) is 4.74 Å². The SMILES string of the molecule is COC(=O)[C@@H](Cc1c(C)cccc1C)NC(=O)c1ccc(F)cc1. The first-order valence-electron chi connectivity index (χ1n) is 7.61. The Morgan fingerprint density at radius 1 is 1.08 bits per heavy atom. The molecular formula is C19H20FNO3. The van der Waals surface area contributed by atoms with Gasteiger partial charge in [0.1, 0.15) is 11.9 Å². The van der Waals surface area contributed by atoms with Gasteiger partial charge in [0, 0.05) is 12.0 Å². The van der Waals surface area contributed by atoms with Crippen LogP contribution in [-0.4, -0.2) is 25.0 Å². The minimum Gasteiger partial charge on any atom is -0.467 e. The summed E-state index contributed by atoms with van der Waals surface area (Å²) >= 11 is 0. The predicted octanol–water partition coefficient (Wildman–Crippen LogP) is 2.96. The molecule has 126 valence electrons. The van der Waals surface area contributed by atoms with Gasteiger partial charge in [-0.25, -0.2) is 9.18 Å². The molecule has 1 atom stereocenters. The molecule has 0 unspecified atom stereocenters. The van der Waals surface area contributed by atoms with E-state index in [1.54, 1.807) is 0 Å². The summed E-state index contributed by atoms with van der Waals surface area (Å²) in [5.41, 5.74) is 3.36.